The molecule has 0 saturated carbocycles. The molecule has 0 aliphatic rings. The van der Waals surface area contributed by atoms with Gasteiger partial charge < -0.3 is 14.2 Å². The molecule has 1 aromatic heterocycles. The van der Waals surface area contributed by atoms with E-state index in [0.717, 1.165) is 0 Å². The molecule has 0 aromatic carbocycles. The fraction of sp³-hybridized carbons (Fsp3) is 0.636. The number of ether oxygens (including phenoxy) is 1. The second-order valence-corrected chi connectivity index (χ2v) is 4.63. The van der Waals surface area contributed by atoms with Crippen molar-refractivity contribution in [3.05, 3.63) is 12.5 Å². The van der Waals surface area contributed by atoms with Crippen LogP contribution >= 0.6 is 0 Å². The van der Waals surface area contributed by atoms with E-state index in [9.17, 15) is 4.79 Å². The largest absolute Gasteiger partial charge is 0.416 e. The smallest absolute Gasteiger partial charge is 0.391 e. The molecule has 0 saturated heterocycles. The zero-order chi connectivity index (χ0) is 12.3. The average Bonchev–Trinajstić information content (AvgIpc) is 2.50. The summed E-state index contributed by atoms with van der Waals surface area (Å²) in [6.45, 7) is 8.46. The maximum Gasteiger partial charge on any atom is 0.416 e. The zero-order valence-corrected chi connectivity index (χ0v) is 10.5. The van der Waals surface area contributed by atoms with Gasteiger partial charge in [-0.2, -0.15) is 0 Å². The number of carbonyl (C=O) groups excluding carboxylic acids is 1. The predicted octanol–water partition coefficient (Wildman–Crippen LogP) is 2.04. The van der Waals surface area contributed by atoms with Gasteiger partial charge in [0.05, 0.1) is 12.5 Å². The SMILES string of the molecule is CCN(C(=O)Oc1cncn1C)C(C)(C)C. The van der Waals surface area contributed by atoms with Crippen molar-refractivity contribution in [1.82, 2.24) is 14.5 Å². The first kappa shape index (κ1) is 12.5. The molecule has 0 spiro atoms. The third-order valence-corrected chi connectivity index (χ3v) is 2.31. The van der Waals surface area contributed by atoms with Gasteiger partial charge in [-0.15, -0.1) is 0 Å². The minimum absolute atomic E-state index is 0.246. The molecule has 1 amide bonds. The maximum absolute atomic E-state index is 11.9. The standard InChI is InChI=1S/C11H19N3O2/c1-6-14(11(2,3)4)10(15)16-9-7-12-8-13(9)5/h7-8H,6H2,1-5H3. The lowest BCUT2D eigenvalue weighted by molar-refractivity contribution is 0.108. The molecular weight excluding hydrogens is 206 g/mol. The highest BCUT2D eigenvalue weighted by Crippen LogP contribution is 2.16. The van der Waals surface area contributed by atoms with Gasteiger partial charge in [0.15, 0.2) is 0 Å². The molecule has 1 rings (SSSR count). The summed E-state index contributed by atoms with van der Waals surface area (Å²) >= 11 is 0. The van der Waals surface area contributed by atoms with Gasteiger partial charge in [0.25, 0.3) is 0 Å². The Labute approximate surface area is 96.0 Å². The molecular formula is C11H19N3O2. The number of rotatable bonds is 2. The molecule has 0 fully saturated rings. The van der Waals surface area contributed by atoms with Crippen molar-refractivity contribution in [1.29, 1.82) is 0 Å². The van der Waals surface area contributed by atoms with E-state index >= 15 is 0 Å². The Balaban J connectivity index is 2.75. The zero-order valence-electron chi connectivity index (χ0n) is 10.5. The second kappa shape index (κ2) is 4.55. The molecule has 1 heterocycles. The molecule has 0 bridgehead atoms. The quantitative estimate of drug-likeness (QED) is 0.773. The molecule has 16 heavy (non-hydrogen) atoms. The Morgan fingerprint density at radius 2 is 2.19 bits per heavy atom. The summed E-state index contributed by atoms with van der Waals surface area (Å²) in [6, 6.07) is 0. The molecule has 0 unspecified atom stereocenters. The van der Waals surface area contributed by atoms with E-state index in [1.54, 1.807) is 22.8 Å². The molecule has 0 N–H and O–H groups in total. The fourth-order valence-corrected chi connectivity index (χ4v) is 1.47. The van der Waals surface area contributed by atoms with Gasteiger partial charge >= 0.3 is 6.09 Å². The van der Waals surface area contributed by atoms with Crippen LogP contribution < -0.4 is 4.74 Å². The van der Waals surface area contributed by atoms with E-state index in [0.29, 0.717) is 12.4 Å². The summed E-state index contributed by atoms with van der Waals surface area (Å²) < 4.78 is 6.91. The van der Waals surface area contributed by atoms with Crippen LogP contribution in [0, 0.1) is 0 Å². The van der Waals surface area contributed by atoms with Crippen molar-refractivity contribution < 1.29 is 9.53 Å². The normalized spacial score (nSPS) is 11.3. The number of amides is 1. The van der Waals surface area contributed by atoms with Crippen molar-refractivity contribution >= 4 is 6.09 Å². The molecule has 90 valence electrons. The Morgan fingerprint density at radius 1 is 1.56 bits per heavy atom. The van der Waals surface area contributed by atoms with Crippen molar-refractivity contribution in [3.63, 3.8) is 0 Å². The number of nitrogens with zero attached hydrogens (tertiary/aromatic N) is 3. The minimum atomic E-state index is -0.349. The average molecular weight is 225 g/mol. The molecule has 0 aliphatic heterocycles. The van der Waals surface area contributed by atoms with Crippen LogP contribution in [0.15, 0.2) is 12.5 Å². The Morgan fingerprint density at radius 3 is 2.56 bits per heavy atom. The van der Waals surface area contributed by atoms with E-state index in [-0.39, 0.29) is 11.6 Å². The third kappa shape index (κ3) is 2.74. The van der Waals surface area contributed by atoms with Crippen molar-refractivity contribution in [2.75, 3.05) is 6.54 Å². The van der Waals surface area contributed by atoms with Gasteiger partial charge in [-0.3, -0.25) is 0 Å². The highest BCUT2D eigenvalue weighted by Gasteiger charge is 2.26. The summed E-state index contributed by atoms with van der Waals surface area (Å²) in [5, 5.41) is 0. The molecule has 5 nitrogen and oxygen atoms in total. The van der Waals surface area contributed by atoms with Gasteiger partial charge in [0, 0.05) is 19.1 Å². The Hall–Kier alpha value is -1.52. The topological polar surface area (TPSA) is 47.4 Å². The molecule has 5 heteroatoms. The highest BCUT2D eigenvalue weighted by molar-refractivity contribution is 5.71. The van der Waals surface area contributed by atoms with Crippen LogP contribution in [0.4, 0.5) is 4.79 Å². The molecule has 0 aliphatic carbocycles. The number of hydrogen-bond acceptors (Lipinski definition) is 3. The lowest BCUT2D eigenvalue weighted by Gasteiger charge is -2.33. The number of hydrogen-bond donors (Lipinski definition) is 0. The fourth-order valence-electron chi connectivity index (χ4n) is 1.47. The van der Waals surface area contributed by atoms with Crippen LogP contribution in [0.1, 0.15) is 27.7 Å². The third-order valence-electron chi connectivity index (χ3n) is 2.31. The summed E-state index contributed by atoms with van der Waals surface area (Å²) in [5.41, 5.74) is -0.246. The Kier molecular flexibility index (Phi) is 3.57. The first-order chi connectivity index (χ1) is 7.36. The lowest BCUT2D eigenvalue weighted by Crippen LogP contribution is -2.46. The summed E-state index contributed by atoms with van der Waals surface area (Å²) in [4.78, 5) is 17.5. The maximum atomic E-state index is 11.9. The number of aromatic nitrogens is 2. The second-order valence-electron chi connectivity index (χ2n) is 4.63. The molecule has 0 radical (unpaired) electrons. The van der Waals surface area contributed by atoms with Crippen LogP contribution in [0.25, 0.3) is 0 Å². The van der Waals surface area contributed by atoms with Crippen LogP contribution in [0.5, 0.6) is 5.88 Å². The molecule has 0 atom stereocenters. The Bertz CT molecular complexity index is 366. The van der Waals surface area contributed by atoms with Crippen molar-refractivity contribution in [2.45, 2.75) is 33.2 Å². The van der Waals surface area contributed by atoms with Crippen molar-refractivity contribution in [2.24, 2.45) is 7.05 Å². The predicted molar refractivity (Wildman–Crippen MR) is 61.4 cm³/mol. The van der Waals surface area contributed by atoms with Crippen LogP contribution in [-0.2, 0) is 7.05 Å². The minimum Gasteiger partial charge on any atom is -0.391 e. The summed E-state index contributed by atoms with van der Waals surface area (Å²) in [6.07, 6.45) is 2.77. The van der Waals surface area contributed by atoms with Gasteiger partial charge in [-0.25, -0.2) is 9.78 Å². The number of carbonyl (C=O) groups is 1. The van der Waals surface area contributed by atoms with Crippen LogP contribution in [0.3, 0.4) is 0 Å². The van der Waals surface area contributed by atoms with E-state index in [1.807, 2.05) is 27.7 Å². The molecule has 1 aromatic rings. The van der Waals surface area contributed by atoms with Gasteiger partial charge in [0.2, 0.25) is 5.88 Å². The van der Waals surface area contributed by atoms with Crippen LogP contribution in [-0.4, -0.2) is 32.6 Å². The first-order valence-corrected chi connectivity index (χ1v) is 5.32. The lowest BCUT2D eigenvalue weighted by atomic mass is 10.1. The first-order valence-electron chi connectivity index (χ1n) is 5.32. The van der Waals surface area contributed by atoms with E-state index in [1.165, 1.54) is 6.20 Å². The summed E-state index contributed by atoms with van der Waals surface area (Å²) in [7, 11) is 1.78. The van der Waals surface area contributed by atoms with E-state index < -0.39 is 0 Å². The van der Waals surface area contributed by atoms with E-state index in [4.69, 9.17) is 4.74 Å². The van der Waals surface area contributed by atoms with E-state index in [2.05, 4.69) is 4.98 Å². The highest BCUT2D eigenvalue weighted by atomic mass is 16.6. The van der Waals surface area contributed by atoms with Gasteiger partial charge in [-0.05, 0) is 27.7 Å². The van der Waals surface area contributed by atoms with Gasteiger partial charge in [-0.1, -0.05) is 0 Å². The van der Waals surface area contributed by atoms with Crippen LogP contribution in [0.2, 0.25) is 0 Å². The van der Waals surface area contributed by atoms with Gasteiger partial charge in [0.1, 0.15) is 0 Å². The number of aryl methyl sites for hydroxylation is 1. The number of imidazole rings is 1. The van der Waals surface area contributed by atoms with Crippen molar-refractivity contribution in [3.8, 4) is 5.88 Å². The summed E-state index contributed by atoms with van der Waals surface area (Å²) in [5.74, 6) is 0.452. The monoisotopic (exact) mass is 225 g/mol.